The van der Waals surface area contributed by atoms with E-state index >= 15 is 0 Å². The standard InChI is InChI=1S/C25H34N2O4/c1-15-4-5-16(2)21(6-15)27-24(30)17(3)31-23(29)14-26-22(28)13-25-10-18-7-19(11-25)9-20(8-18)12-25/h4-6,17-20H,7-14H2,1-3H3,(H,26,28)(H,27,30)/t17-,18?,19?,20?,25?/m0/s1. The van der Waals surface area contributed by atoms with E-state index in [-0.39, 0.29) is 23.8 Å². The van der Waals surface area contributed by atoms with Gasteiger partial charge in [0.25, 0.3) is 5.91 Å². The normalized spacial score (nSPS) is 29.3. The summed E-state index contributed by atoms with van der Waals surface area (Å²) in [6, 6.07) is 5.79. The van der Waals surface area contributed by atoms with Crippen molar-refractivity contribution in [1.82, 2.24) is 5.32 Å². The largest absolute Gasteiger partial charge is 0.451 e. The SMILES string of the molecule is Cc1ccc(C)c(NC(=O)[C@H](C)OC(=O)CNC(=O)CC23CC4CC(CC(C4)C2)C3)c1. The van der Waals surface area contributed by atoms with Crippen molar-refractivity contribution in [2.24, 2.45) is 23.2 Å². The number of anilines is 1. The van der Waals surface area contributed by atoms with Crippen molar-refractivity contribution >= 4 is 23.5 Å². The Labute approximate surface area is 184 Å². The van der Waals surface area contributed by atoms with E-state index in [9.17, 15) is 14.4 Å². The number of ether oxygens (including phenoxy) is 1. The summed E-state index contributed by atoms with van der Waals surface area (Å²) in [5.74, 6) is 1.32. The molecule has 6 nitrogen and oxygen atoms in total. The highest BCUT2D eigenvalue weighted by molar-refractivity contribution is 5.96. The van der Waals surface area contributed by atoms with Crippen molar-refractivity contribution in [2.75, 3.05) is 11.9 Å². The highest BCUT2D eigenvalue weighted by Gasteiger charge is 2.51. The molecule has 168 valence electrons. The number of rotatable bonds is 7. The van der Waals surface area contributed by atoms with Gasteiger partial charge in [-0.1, -0.05) is 12.1 Å². The first-order chi connectivity index (χ1) is 14.7. The van der Waals surface area contributed by atoms with Crippen LogP contribution in [-0.2, 0) is 19.1 Å². The Morgan fingerprint density at radius 2 is 1.68 bits per heavy atom. The molecule has 1 atom stereocenters. The monoisotopic (exact) mass is 426 g/mol. The molecule has 4 aliphatic rings. The second-order valence-corrected chi connectivity index (χ2v) is 10.3. The van der Waals surface area contributed by atoms with Gasteiger partial charge in [0.1, 0.15) is 6.54 Å². The van der Waals surface area contributed by atoms with Crippen LogP contribution in [0.4, 0.5) is 5.69 Å². The predicted molar refractivity (Wildman–Crippen MR) is 118 cm³/mol. The van der Waals surface area contributed by atoms with Gasteiger partial charge < -0.3 is 15.4 Å². The van der Waals surface area contributed by atoms with Gasteiger partial charge in [0.05, 0.1) is 0 Å². The van der Waals surface area contributed by atoms with Crippen LogP contribution in [0.15, 0.2) is 18.2 Å². The number of hydrogen-bond acceptors (Lipinski definition) is 4. The minimum atomic E-state index is -0.938. The van der Waals surface area contributed by atoms with E-state index in [4.69, 9.17) is 4.74 Å². The Morgan fingerprint density at radius 1 is 1.06 bits per heavy atom. The highest BCUT2D eigenvalue weighted by atomic mass is 16.5. The molecule has 0 saturated heterocycles. The third-order valence-electron chi connectivity index (χ3n) is 7.46. The van der Waals surface area contributed by atoms with Gasteiger partial charge >= 0.3 is 5.97 Å². The Hall–Kier alpha value is -2.37. The van der Waals surface area contributed by atoms with Gasteiger partial charge in [-0.15, -0.1) is 0 Å². The summed E-state index contributed by atoms with van der Waals surface area (Å²) in [6.07, 6.45) is 7.07. The summed E-state index contributed by atoms with van der Waals surface area (Å²) in [5.41, 5.74) is 2.82. The first kappa shape index (κ1) is 21.8. The summed E-state index contributed by atoms with van der Waals surface area (Å²) in [7, 11) is 0. The van der Waals surface area contributed by atoms with Crippen molar-refractivity contribution in [3.8, 4) is 0 Å². The van der Waals surface area contributed by atoms with Crippen molar-refractivity contribution in [3.63, 3.8) is 0 Å². The van der Waals surface area contributed by atoms with Crippen LogP contribution in [0.5, 0.6) is 0 Å². The lowest BCUT2D eigenvalue weighted by atomic mass is 9.49. The number of hydrogen-bond donors (Lipinski definition) is 2. The van der Waals surface area contributed by atoms with E-state index < -0.39 is 12.1 Å². The van der Waals surface area contributed by atoms with Crippen molar-refractivity contribution in [2.45, 2.75) is 71.8 Å². The van der Waals surface area contributed by atoms with Gasteiger partial charge in [-0.05, 0) is 99.7 Å². The van der Waals surface area contributed by atoms with Crippen LogP contribution in [-0.4, -0.2) is 30.4 Å². The molecule has 31 heavy (non-hydrogen) atoms. The van der Waals surface area contributed by atoms with Gasteiger partial charge in [0.2, 0.25) is 5.91 Å². The number of esters is 1. The van der Waals surface area contributed by atoms with Gasteiger partial charge in [0, 0.05) is 12.1 Å². The van der Waals surface area contributed by atoms with E-state index in [1.807, 2.05) is 32.0 Å². The summed E-state index contributed by atoms with van der Waals surface area (Å²) < 4.78 is 5.23. The van der Waals surface area contributed by atoms with E-state index in [0.29, 0.717) is 12.1 Å². The smallest absolute Gasteiger partial charge is 0.326 e. The summed E-state index contributed by atoms with van der Waals surface area (Å²) >= 11 is 0. The van der Waals surface area contributed by atoms with Crippen LogP contribution < -0.4 is 10.6 Å². The van der Waals surface area contributed by atoms with Gasteiger partial charge in [-0.25, -0.2) is 0 Å². The molecule has 4 fully saturated rings. The van der Waals surface area contributed by atoms with E-state index in [1.165, 1.54) is 26.2 Å². The average Bonchev–Trinajstić information content (AvgIpc) is 2.67. The van der Waals surface area contributed by atoms with Crippen LogP contribution in [0, 0.1) is 37.0 Å². The van der Waals surface area contributed by atoms with Crippen LogP contribution in [0.2, 0.25) is 0 Å². The fraction of sp³-hybridized carbons (Fsp3) is 0.640. The van der Waals surface area contributed by atoms with Gasteiger partial charge in [-0.2, -0.15) is 0 Å². The molecule has 0 unspecified atom stereocenters. The van der Waals surface area contributed by atoms with Crippen LogP contribution in [0.1, 0.15) is 63.0 Å². The molecular weight excluding hydrogens is 392 g/mol. The summed E-state index contributed by atoms with van der Waals surface area (Å²) in [5, 5.41) is 5.53. The summed E-state index contributed by atoms with van der Waals surface area (Å²) in [6.45, 7) is 5.19. The van der Waals surface area contributed by atoms with Gasteiger partial charge in [-0.3, -0.25) is 14.4 Å². The maximum Gasteiger partial charge on any atom is 0.326 e. The number of carbonyl (C=O) groups is 3. The zero-order valence-corrected chi connectivity index (χ0v) is 18.8. The Morgan fingerprint density at radius 3 is 2.29 bits per heavy atom. The third-order valence-corrected chi connectivity index (χ3v) is 7.46. The molecule has 0 spiro atoms. The van der Waals surface area contributed by atoms with Crippen LogP contribution >= 0.6 is 0 Å². The molecule has 4 saturated carbocycles. The molecule has 4 aliphatic carbocycles. The molecule has 2 N–H and O–H groups in total. The van der Waals surface area contributed by atoms with E-state index in [1.54, 1.807) is 0 Å². The molecule has 0 aromatic heterocycles. The second kappa shape index (κ2) is 8.64. The molecule has 6 heteroatoms. The fourth-order valence-corrected chi connectivity index (χ4v) is 6.48. The maximum atomic E-state index is 12.6. The zero-order chi connectivity index (χ0) is 22.2. The molecule has 5 rings (SSSR count). The first-order valence-corrected chi connectivity index (χ1v) is 11.6. The molecular formula is C25H34N2O4. The molecule has 0 heterocycles. The predicted octanol–water partition coefficient (Wildman–Crippen LogP) is 3.90. The lowest BCUT2D eigenvalue weighted by Gasteiger charge is -2.56. The molecule has 0 radical (unpaired) electrons. The van der Waals surface area contributed by atoms with E-state index in [2.05, 4.69) is 10.6 Å². The maximum absolute atomic E-state index is 12.6. The molecule has 1 aromatic carbocycles. The lowest BCUT2D eigenvalue weighted by Crippen LogP contribution is -2.48. The van der Waals surface area contributed by atoms with Crippen molar-refractivity contribution in [3.05, 3.63) is 29.3 Å². The molecule has 0 aliphatic heterocycles. The lowest BCUT2D eigenvalue weighted by molar-refractivity contribution is -0.153. The number of carbonyl (C=O) groups excluding carboxylic acids is 3. The van der Waals surface area contributed by atoms with Crippen molar-refractivity contribution in [1.29, 1.82) is 0 Å². The van der Waals surface area contributed by atoms with Crippen LogP contribution in [0.25, 0.3) is 0 Å². The first-order valence-electron chi connectivity index (χ1n) is 11.6. The highest BCUT2D eigenvalue weighted by Crippen LogP contribution is 2.61. The minimum Gasteiger partial charge on any atom is -0.451 e. The molecule has 1 aromatic rings. The quantitative estimate of drug-likeness (QED) is 0.648. The number of benzene rings is 1. The van der Waals surface area contributed by atoms with Crippen LogP contribution in [0.3, 0.4) is 0 Å². The van der Waals surface area contributed by atoms with Crippen molar-refractivity contribution < 1.29 is 19.1 Å². The van der Waals surface area contributed by atoms with E-state index in [0.717, 1.165) is 48.1 Å². The van der Waals surface area contributed by atoms with Gasteiger partial charge in [0.15, 0.2) is 6.10 Å². The number of amides is 2. The Kier molecular flexibility index (Phi) is 6.09. The zero-order valence-electron chi connectivity index (χ0n) is 18.8. The molecule has 2 amide bonds. The number of aryl methyl sites for hydroxylation is 2. The second-order valence-electron chi connectivity index (χ2n) is 10.3. The minimum absolute atomic E-state index is 0.0774. The summed E-state index contributed by atoms with van der Waals surface area (Å²) in [4.78, 5) is 37.1. The average molecular weight is 427 g/mol. The topological polar surface area (TPSA) is 84.5 Å². The molecule has 4 bridgehead atoms. The third kappa shape index (κ3) is 5.10. The number of nitrogens with one attached hydrogen (secondary N) is 2. The fourth-order valence-electron chi connectivity index (χ4n) is 6.48. The Bertz CT molecular complexity index is 843. The Balaban J connectivity index is 1.22.